The Bertz CT molecular complexity index is 374. The molecule has 0 atom stereocenters. The van der Waals surface area contributed by atoms with Crippen LogP contribution in [-0.2, 0) is 6.54 Å². The minimum atomic E-state index is 0.320. The van der Waals surface area contributed by atoms with E-state index in [2.05, 4.69) is 51.4 Å². The topological polar surface area (TPSA) is 15.3 Å². The first-order valence-electron chi connectivity index (χ1n) is 6.88. The molecule has 0 radical (unpaired) electrons. The van der Waals surface area contributed by atoms with Crippen molar-refractivity contribution in [2.45, 2.75) is 45.2 Å². The molecule has 0 saturated carbocycles. The summed E-state index contributed by atoms with van der Waals surface area (Å²) >= 11 is 5.50. The molecule has 2 heterocycles. The van der Waals surface area contributed by atoms with Crippen molar-refractivity contribution in [2.75, 3.05) is 19.6 Å². The van der Waals surface area contributed by atoms with Gasteiger partial charge in [0.05, 0.1) is 0 Å². The van der Waals surface area contributed by atoms with Crippen LogP contribution in [0.1, 0.15) is 38.0 Å². The number of halogens is 1. The zero-order valence-corrected chi connectivity index (χ0v) is 13.7. The lowest BCUT2D eigenvalue weighted by Gasteiger charge is -2.35. The average Bonchev–Trinajstić information content (AvgIpc) is 2.67. The van der Waals surface area contributed by atoms with E-state index in [-0.39, 0.29) is 0 Å². The van der Waals surface area contributed by atoms with E-state index >= 15 is 0 Å². The maximum atomic E-state index is 3.77. The van der Waals surface area contributed by atoms with Crippen molar-refractivity contribution in [1.29, 1.82) is 0 Å². The van der Waals surface area contributed by atoms with E-state index in [1.165, 1.54) is 41.7 Å². The van der Waals surface area contributed by atoms with Crippen molar-refractivity contribution in [1.82, 2.24) is 10.2 Å². The predicted octanol–water partition coefficient (Wildman–Crippen LogP) is 3.86. The van der Waals surface area contributed by atoms with Crippen LogP contribution in [0.2, 0.25) is 0 Å². The molecule has 1 aromatic heterocycles. The first-order chi connectivity index (χ1) is 8.69. The number of rotatable bonds is 4. The monoisotopic (exact) mass is 330 g/mol. The Morgan fingerprint density at radius 1 is 1.44 bits per heavy atom. The van der Waals surface area contributed by atoms with Crippen molar-refractivity contribution in [3.63, 3.8) is 0 Å². The van der Waals surface area contributed by atoms with Crippen LogP contribution in [0.3, 0.4) is 0 Å². The third-order valence-electron chi connectivity index (χ3n) is 4.09. The minimum absolute atomic E-state index is 0.320. The van der Waals surface area contributed by atoms with Crippen LogP contribution in [0, 0.1) is 0 Å². The van der Waals surface area contributed by atoms with Crippen molar-refractivity contribution >= 4 is 27.3 Å². The van der Waals surface area contributed by atoms with Crippen LogP contribution < -0.4 is 5.32 Å². The Labute approximate surface area is 123 Å². The molecule has 0 spiro atoms. The van der Waals surface area contributed by atoms with E-state index in [4.69, 9.17) is 0 Å². The molecule has 1 aromatic rings. The highest BCUT2D eigenvalue weighted by atomic mass is 79.9. The van der Waals surface area contributed by atoms with Gasteiger partial charge in [-0.15, -0.1) is 11.3 Å². The van der Waals surface area contributed by atoms with Gasteiger partial charge in [-0.2, -0.15) is 0 Å². The second kappa shape index (κ2) is 6.51. The molecule has 1 aliphatic rings. The fraction of sp³-hybridized carbons (Fsp3) is 0.714. The van der Waals surface area contributed by atoms with Crippen molar-refractivity contribution < 1.29 is 0 Å². The molecule has 102 valence electrons. The van der Waals surface area contributed by atoms with Gasteiger partial charge in [0, 0.05) is 28.0 Å². The van der Waals surface area contributed by atoms with Gasteiger partial charge >= 0.3 is 0 Å². The summed E-state index contributed by atoms with van der Waals surface area (Å²) in [5, 5.41) is 5.94. The predicted molar refractivity (Wildman–Crippen MR) is 83.2 cm³/mol. The Hall–Kier alpha value is 0.1000. The quantitative estimate of drug-likeness (QED) is 0.901. The van der Waals surface area contributed by atoms with Crippen LogP contribution in [0.25, 0.3) is 0 Å². The van der Waals surface area contributed by atoms with E-state index in [1.54, 1.807) is 0 Å². The fourth-order valence-electron chi connectivity index (χ4n) is 2.72. The van der Waals surface area contributed by atoms with E-state index < -0.39 is 0 Å². The Balaban J connectivity index is 2.05. The van der Waals surface area contributed by atoms with Crippen molar-refractivity contribution in [3.05, 3.63) is 20.8 Å². The summed E-state index contributed by atoms with van der Waals surface area (Å²) in [7, 11) is 0. The number of hydrogen-bond donors (Lipinski definition) is 1. The first-order valence-corrected chi connectivity index (χ1v) is 8.55. The standard InChI is InChI=1S/C14H23BrN2S/c1-3-14(4-2)11-17(8-5-7-16-14)10-13-12(15)6-9-18-13/h6,9,16H,3-5,7-8,10-11H2,1-2H3. The molecule has 4 heteroatoms. The smallest absolute Gasteiger partial charge is 0.0340 e. The molecule has 0 unspecified atom stereocenters. The fourth-order valence-corrected chi connectivity index (χ4v) is 4.24. The number of hydrogen-bond acceptors (Lipinski definition) is 3. The van der Waals surface area contributed by atoms with Gasteiger partial charge in [-0.05, 0) is 59.7 Å². The largest absolute Gasteiger partial charge is 0.310 e. The molecule has 2 rings (SSSR count). The summed E-state index contributed by atoms with van der Waals surface area (Å²) in [6.07, 6.45) is 3.68. The summed E-state index contributed by atoms with van der Waals surface area (Å²) in [5.41, 5.74) is 0.320. The summed E-state index contributed by atoms with van der Waals surface area (Å²) < 4.78 is 1.27. The van der Waals surface area contributed by atoms with Gasteiger partial charge in [-0.25, -0.2) is 0 Å². The molecule has 1 saturated heterocycles. The zero-order chi connectivity index (χ0) is 13.0. The lowest BCUT2D eigenvalue weighted by molar-refractivity contribution is 0.192. The van der Waals surface area contributed by atoms with Crippen LogP contribution in [0.4, 0.5) is 0 Å². The number of nitrogens with one attached hydrogen (secondary N) is 1. The molecular formula is C14H23BrN2S. The van der Waals surface area contributed by atoms with Crippen LogP contribution in [0.15, 0.2) is 15.9 Å². The van der Waals surface area contributed by atoms with Gasteiger partial charge in [0.2, 0.25) is 0 Å². The van der Waals surface area contributed by atoms with Gasteiger partial charge in [-0.1, -0.05) is 13.8 Å². The summed E-state index contributed by atoms with van der Waals surface area (Å²) in [6.45, 7) is 9.23. The van der Waals surface area contributed by atoms with Gasteiger partial charge in [0.15, 0.2) is 0 Å². The zero-order valence-electron chi connectivity index (χ0n) is 11.3. The van der Waals surface area contributed by atoms with Gasteiger partial charge in [-0.3, -0.25) is 4.90 Å². The molecule has 0 aromatic carbocycles. The average molecular weight is 331 g/mol. The normalized spacial score (nSPS) is 20.8. The number of nitrogens with zero attached hydrogens (tertiary/aromatic N) is 1. The summed E-state index contributed by atoms with van der Waals surface area (Å²) in [4.78, 5) is 4.07. The van der Waals surface area contributed by atoms with Crippen LogP contribution in [0.5, 0.6) is 0 Å². The molecule has 1 N–H and O–H groups in total. The van der Waals surface area contributed by atoms with Crippen molar-refractivity contribution in [3.8, 4) is 0 Å². The Morgan fingerprint density at radius 3 is 2.83 bits per heavy atom. The molecule has 1 fully saturated rings. The lowest BCUT2D eigenvalue weighted by Crippen LogP contribution is -2.50. The third kappa shape index (κ3) is 3.35. The van der Waals surface area contributed by atoms with Crippen LogP contribution in [-0.4, -0.2) is 30.1 Å². The van der Waals surface area contributed by atoms with Crippen molar-refractivity contribution in [2.24, 2.45) is 0 Å². The van der Waals surface area contributed by atoms with Crippen LogP contribution >= 0.6 is 27.3 Å². The molecule has 1 aliphatic heterocycles. The van der Waals surface area contributed by atoms with Gasteiger partial charge in [0.1, 0.15) is 0 Å². The second-order valence-electron chi connectivity index (χ2n) is 5.17. The first kappa shape index (κ1) is 14.5. The van der Waals surface area contributed by atoms with E-state index in [0.29, 0.717) is 5.54 Å². The lowest BCUT2D eigenvalue weighted by atomic mass is 9.92. The highest BCUT2D eigenvalue weighted by Gasteiger charge is 2.30. The summed E-state index contributed by atoms with van der Waals surface area (Å²) in [6, 6.07) is 2.16. The van der Waals surface area contributed by atoms with E-state index in [1.807, 2.05) is 11.3 Å². The molecular weight excluding hydrogens is 308 g/mol. The molecule has 0 bridgehead atoms. The maximum absolute atomic E-state index is 3.77. The minimum Gasteiger partial charge on any atom is -0.310 e. The Kier molecular flexibility index (Phi) is 5.24. The molecule has 18 heavy (non-hydrogen) atoms. The molecule has 0 aliphatic carbocycles. The Morgan fingerprint density at radius 2 is 2.22 bits per heavy atom. The van der Waals surface area contributed by atoms with E-state index in [9.17, 15) is 0 Å². The SMILES string of the molecule is CCC1(CC)CN(Cc2sccc2Br)CCCN1. The highest BCUT2D eigenvalue weighted by Crippen LogP contribution is 2.26. The van der Waals surface area contributed by atoms with Gasteiger partial charge < -0.3 is 5.32 Å². The highest BCUT2D eigenvalue weighted by molar-refractivity contribution is 9.10. The van der Waals surface area contributed by atoms with E-state index in [0.717, 1.165) is 13.1 Å². The third-order valence-corrected chi connectivity index (χ3v) is 6.00. The molecule has 2 nitrogen and oxygen atoms in total. The molecule has 0 amide bonds. The maximum Gasteiger partial charge on any atom is 0.0340 e. The number of thiophene rings is 1. The second-order valence-corrected chi connectivity index (χ2v) is 7.03. The van der Waals surface area contributed by atoms with Gasteiger partial charge in [0.25, 0.3) is 0 Å². The summed E-state index contributed by atoms with van der Waals surface area (Å²) in [5.74, 6) is 0.